The van der Waals surface area contributed by atoms with Crippen molar-refractivity contribution in [3.05, 3.63) is 82.1 Å². The summed E-state index contributed by atoms with van der Waals surface area (Å²) in [6, 6.07) is 14.1. The molecule has 1 aliphatic rings. The van der Waals surface area contributed by atoms with Gasteiger partial charge in [0.15, 0.2) is 0 Å². The number of Topliss-reactive ketones (excluding diaryl/α,β-unsaturated/α-hetero) is 1. The van der Waals surface area contributed by atoms with Gasteiger partial charge in [-0.05, 0) is 61.5 Å². The molecule has 0 saturated heterocycles. The molecule has 8 N–H and O–H groups in total. The molecule has 1 aliphatic carbocycles. The number of hydroxylamine groups is 6. The molecule has 0 spiro atoms. The molecular formula is C31H44N6O8. The van der Waals surface area contributed by atoms with E-state index in [1.165, 1.54) is 13.0 Å². The van der Waals surface area contributed by atoms with E-state index < -0.39 is 15.1 Å². The van der Waals surface area contributed by atoms with Gasteiger partial charge in [-0.15, -0.1) is 0 Å². The van der Waals surface area contributed by atoms with Gasteiger partial charge in [0.25, 0.3) is 0 Å². The normalized spacial score (nSPS) is 15.0. The predicted molar refractivity (Wildman–Crippen MR) is 174 cm³/mol. The van der Waals surface area contributed by atoms with E-state index >= 15 is 0 Å². The average Bonchev–Trinajstić information content (AvgIpc) is 3.00. The molecule has 14 nitrogen and oxygen atoms in total. The third kappa shape index (κ3) is 10.6. The molecule has 3 rings (SSSR count). The highest BCUT2D eigenvalue weighted by atomic mass is 16.6. The molecule has 2 aromatic rings. The highest BCUT2D eigenvalue weighted by molar-refractivity contribution is 6.51. The van der Waals surface area contributed by atoms with E-state index in [-0.39, 0.29) is 82.7 Å². The molecule has 0 aliphatic heterocycles. The molecule has 2 aromatic carbocycles. The van der Waals surface area contributed by atoms with Gasteiger partial charge in [0.05, 0.1) is 64.0 Å². The lowest BCUT2D eigenvalue weighted by molar-refractivity contribution is -0.879. The molecule has 14 heteroatoms. The van der Waals surface area contributed by atoms with Crippen LogP contribution in [0.4, 0.5) is 22.7 Å². The topological polar surface area (TPSA) is 213 Å². The lowest BCUT2D eigenvalue weighted by atomic mass is 9.99. The van der Waals surface area contributed by atoms with E-state index in [4.69, 9.17) is 20.4 Å². The summed E-state index contributed by atoms with van der Waals surface area (Å²) in [5.74, 6) is -0.597. The van der Waals surface area contributed by atoms with Crippen LogP contribution < -0.4 is 16.0 Å². The first-order valence-corrected chi connectivity index (χ1v) is 14.8. The molecule has 0 heterocycles. The van der Waals surface area contributed by atoms with E-state index in [1.807, 2.05) is 0 Å². The van der Waals surface area contributed by atoms with Crippen molar-refractivity contribution in [1.29, 1.82) is 0 Å². The van der Waals surface area contributed by atoms with Gasteiger partial charge in [-0.25, -0.2) is 4.99 Å². The summed E-state index contributed by atoms with van der Waals surface area (Å²) in [6.07, 6.45) is 1.48. The predicted octanol–water partition coefficient (Wildman–Crippen LogP) is 1.59. The number of quaternary nitrogens is 2. The van der Waals surface area contributed by atoms with Crippen molar-refractivity contribution in [2.45, 2.75) is 6.92 Å². The van der Waals surface area contributed by atoms with Gasteiger partial charge < -0.3 is 61.2 Å². The molecule has 0 aromatic heterocycles. The molecule has 0 amide bonds. The first-order chi connectivity index (χ1) is 21.5. The number of rotatable bonds is 19. The number of carbonyl (C=O) groups excluding carboxylic acids is 1. The van der Waals surface area contributed by atoms with Crippen LogP contribution in [0.3, 0.4) is 0 Å². The van der Waals surface area contributed by atoms with Gasteiger partial charge in [0.1, 0.15) is 37.6 Å². The van der Waals surface area contributed by atoms with Gasteiger partial charge in [-0.3, -0.25) is 4.79 Å². The maximum absolute atomic E-state index is 12.9. The van der Waals surface area contributed by atoms with Crippen LogP contribution in [0.1, 0.15) is 6.92 Å². The minimum Gasteiger partial charge on any atom is -0.633 e. The van der Waals surface area contributed by atoms with Crippen LogP contribution in [0.15, 0.2) is 76.6 Å². The Hall–Kier alpha value is -3.86. The summed E-state index contributed by atoms with van der Waals surface area (Å²) >= 11 is 0. The number of ketones is 1. The van der Waals surface area contributed by atoms with Gasteiger partial charge in [-0.2, -0.15) is 0 Å². The van der Waals surface area contributed by atoms with Gasteiger partial charge in [0.2, 0.25) is 5.78 Å². The van der Waals surface area contributed by atoms with Crippen LogP contribution in [0.25, 0.3) is 0 Å². The number of aliphatic hydroxyl groups excluding tert-OH is 5. The highest BCUT2D eigenvalue weighted by Gasteiger charge is 2.25. The van der Waals surface area contributed by atoms with Crippen molar-refractivity contribution < 1.29 is 39.6 Å². The number of aliphatic imine (C=N–C) groups is 1. The number of hydrogen-bond acceptors (Lipinski definition) is 12. The summed E-state index contributed by atoms with van der Waals surface area (Å²) in [6.45, 7) is 1.55. The average molecular weight is 629 g/mol. The van der Waals surface area contributed by atoms with Crippen LogP contribution in [0.5, 0.6) is 0 Å². The Labute approximate surface area is 262 Å². The minimum absolute atomic E-state index is 0.00595. The summed E-state index contributed by atoms with van der Waals surface area (Å²) in [4.78, 5) is 17.4. The fourth-order valence-corrected chi connectivity index (χ4v) is 4.78. The number of anilines is 3. The van der Waals surface area contributed by atoms with E-state index in [0.717, 1.165) is 11.4 Å². The number of nitrogens with zero attached hydrogens (tertiary/aromatic N) is 3. The lowest BCUT2D eigenvalue weighted by Gasteiger charge is -2.42. The third-order valence-corrected chi connectivity index (χ3v) is 7.47. The maximum Gasteiger partial charge on any atom is 0.210 e. The Bertz CT molecular complexity index is 1330. The Morgan fingerprint density at radius 2 is 1.11 bits per heavy atom. The second-order valence-electron chi connectivity index (χ2n) is 10.8. The van der Waals surface area contributed by atoms with Crippen LogP contribution in [-0.2, 0) is 4.79 Å². The van der Waals surface area contributed by atoms with Crippen molar-refractivity contribution in [3.8, 4) is 0 Å². The van der Waals surface area contributed by atoms with Crippen molar-refractivity contribution in [3.63, 3.8) is 0 Å². The number of allylic oxidation sites excluding steroid dienone is 2. The molecule has 0 atom stereocenters. The number of hydrogen-bond donors (Lipinski definition) is 8. The second-order valence-corrected chi connectivity index (χ2v) is 10.8. The van der Waals surface area contributed by atoms with E-state index in [1.54, 1.807) is 48.5 Å². The van der Waals surface area contributed by atoms with E-state index in [0.29, 0.717) is 30.2 Å². The van der Waals surface area contributed by atoms with Crippen LogP contribution in [0.2, 0.25) is 0 Å². The monoisotopic (exact) mass is 628 g/mol. The van der Waals surface area contributed by atoms with Crippen molar-refractivity contribution >= 4 is 34.2 Å². The SMILES string of the molecule is CC1=C(O)C(Nc2ccc(NCC[N+]([O-])(CCO)CCO)cc2)=CC(=Nc2ccc(NCC[N+]([O-])(CCO)CCO)cc2)C1=O. The first-order valence-electron chi connectivity index (χ1n) is 14.8. The standard InChI is InChI=1S/C31H44N6O8/c1-23-30(42)28(34-26-6-2-24(3-7-26)32-10-12-36(44,14-18-38)15-19-39)22-29(31(23)43)35-27-8-4-25(5-9-27)33-11-13-37(45,16-20-40)17-21-41/h2-9,22,32-34,38-42H,10-21H2,1H3. The Balaban J connectivity index is 1.63. The smallest absolute Gasteiger partial charge is 0.210 e. The molecule has 0 bridgehead atoms. The summed E-state index contributed by atoms with van der Waals surface area (Å²) in [5, 5.41) is 81.8. The summed E-state index contributed by atoms with van der Waals surface area (Å²) in [7, 11) is 0. The van der Waals surface area contributed by atoms with Gasteiger partial charge in [-0.1, -0.05) is 0 Å². The molecular weight excluding hydrogens is 584 g/mol. The zero-order valence-corrected chi connectivity index (χ0v) is 25.5. The fraction of sp³-hybridized carbons (Fsp3) is 0.419. The zero-order valence-electron chi connectivity index (χ0n) is 25.5. The van der Waals surface area contributed by atoms with E-state index in [9.17, 15) is 20.3 Å². The summed E-state index contributed by atoms with van der Waals surface area (Å²) in [5.41, 5.74) is 3.23. The van der Waals surface area contributed by atoms with Gasteiger partial charge in [0, 0.05) is 22.6 Å². The first kappa shape index (κ1) is 35.6. The maximum atomic E-state index is 12.9. The second kappa shape index (κ2) is 17.0. The molecule has 45 heavy (non-hydrogen) atoms. The Kier molecular flexibility index (Phi) is 13.5. The number of benzene rings is 2. The quantitative estimate of drug-likeness (QED) is 0.0636. The number of aliphatic hydroxyl groups is 5. The molecule has 0 radical (unpaired) electrons. The largest absolute Gasteiger partial charge is 0.633 e. The lowest BCUT2D eigenvalue weighted by Crippen LogP contribution is -2.49. The Morgan fingerprint density at radius 3 is 1.56 bits per heavy atom. The summed E-state index contributed by atoms with van der Waals surface area (Å²) < 4.78 is -1.39. The zero-order chi connectivity index (χ0) is 32.9. The van der Waals surface area contributed by atoms with Gasteiger partial charge >= 0.3 is 0 Å². The van der Waals surface area contributed by atoms with Crippen molar-refractivity contribution in [2.75, 3.05) is 94.7 Å². The minimum atomic E-state index is -0.696. The molecule has 0 saturated carbocycles. The Morgan fingerprint density at radius 1 is 0.689 bits per heavy atom. The fourth-order valence-electron chi connectivity index (χ4n) is 4.78. The molecule has 0 fully saturated rings. The van der Waals surface area contributed by atoms with E-state index in [2.05, 4.69) is 20.9 Å². The van der Waals surface area contributed by atoms with Crippen LogP contribution >= 0.6 is 0 Å². The number of carbonyl (C=O) groups is 1. The van der Waals surface area contributed by atoms with Crippen LogP contribution in [-0.4, -0.2) is 125 Å². The molecule has 246 valence electrons. The van der Waals surface area contributed by atoms with Crippen molar-refractivity contribution in [1.82, 2.24) is 0 Å². The van der Waals surface area contributed by atoms with Crippen LogP contribution in [0, 0.1) is 10.4 Å². The van der Waals surface area contributed by atoms with Crippen molar-refractivity contribution in [2.24, 2.45) is 4.99 Å². The number of nitrogens with one attached hydrogen (secondary N) is 3. The highest BCUT2D eigenvalue weighted by Crippen LogP contribution is 2.25. The third-order valence-electron chi connectivity index (χ3n) is 7.47. The molecule has 0 unspecified atom stereocenters.